The van der Waals surface area contributed by atoms with Crippen molar-refractivity contribution in [1.29, 1.82) is 0 Å². The van der Waals surface area contributed by atoms with Crippen LogP contribution in [0.5, 0.6) is 0 Å². The molecule has 4 heteroatoms. The van der Waals surface area contributed by atoms with Crippen LogP contribution >= 0.6 is 0 Å². The Balaban J connectivity index is 0. The lowest BCUT2D eigenvalue weighted by molar-refractivity contribution is 0.481. The third kappa shape index (κ3) is 23.0. The second-order valence-corrected chi connectivity index (χ2v) is 5.39. The summed E-state index contributed by atoms with van der Waals surface area (Å²) in [5, 5.41) is 0. The first-order valence-electron chi connectivity index (χ1n) is 8.70. The van der Waals surface area contributed by atoms with Gasteiger partial charge in [-0.3, -0.25) is 22.5 Å². The van der Waals surface area contributed by atoms with Crippen molar-refractivity contribution in [2.45, 2.75) is 90.9 Å². The number of rotatable bonds is 15. The van der Waals surface area contributed by atoms with E-state index in [-0.39, 0.29) is 0 Å². The van der Waals surface area contributed by atoms with Gasteiger partial charge in [0.1, 0.15) is 0 Å². The van der Waals surface area contributed by atoms with Gasteiger partial charge in [-0.15, -0.1) is 0 Å². The van der Waals surface area contributed by atoms with E-state index >= 15 is 0 Å². The van der Waals surface area contributed by atoms with Crippen molar-refractivity contribution in [2.75, 3.05) is 13.1 Å². The monoisotopic (exact) mass is 288 g/mol. The molecule has 6 N–H and O–H groups in total. The normalized spacial score (nSPS) is 10.2. The molecule has 0 amide bonds. The van der Waals surface area contributed by atoms with Crippen molar-refractivity contribution in [3.05, 3.63) is 0 Å². The Morgan fingerprint density at radius 2 is 0.800 bits per heavy atom. The van der Waals surface area contributed by atoms with Crippen molar-refractivity contribution in [3.63, 3.8) is 0 Å². The van der Waals surface area contributed by atoms with Gasteiger partial charge in [0.15, 0.2) is 0 Å². The van der Waals surface area contributed by atoms with Gasteiger partial charge >= 0.3 is 0 Å². The van der Waals surface area contributed by atoms with E-state index in [1.165, 1.54) is 77.0 Å². The van der Waals surface area contributed by atoms with Crippen LogP contribution in [0.4, 0.5) is 0 Å². The molecule has 0 aromatic rings. The van der Waals surface area contributed by atoms with Gasteiger partial charge in [-0.05, 0) is 12.8 Å². The summed E-state index contributed by atoms with van der Waals surface area (Å²) in [5.41, 5.74) is 6.66. The highest BCUT2D eigenvalue weighted by Crippen LogP contribution is 2.04. The van der Waals surface area contributed by atoms with Gasteiger partial charge in [0.25, 0.3) is 0 Å². The molecule has 0 aliphatic heterocycles. The molecule has 0 rings (SSSR count). The van der Waals surface area contributed by atoms with E-state index in [2.05, 4.69) is 36.4 Å². The molecule has 0 heterocycles. The SMILES string of the molecule is CCCCCCCCNNCCCCCCCC.NN. The van der Waals surface area contributed by atoms with E-state index in [1.54, 1.807) is 0 Å². The Kier molecular flexibility index (Phi) is 26.4. The fourth-order valence-corrected chi connectivity index (χ4v) is 2.16. The second kappa shape index (κ2) is 23.9. The summed E-state index contributed by atoms with van der Waals surface area (Å²) in [7, 11) is 0. The zero-order valence-electron chi connectivity index (χ0n) is 14.1. The van der Waals surface area contributed by atoms with E-state index in [0.29, 0.717) is 0 Å². The van der Waals surface area contributed by atoms with Gasteiger partial charge in [0, 0.05) is 13.1 Å². The minimum absolute atomic E-state index is 1.13. The quantitative estimate of drug-likeness (QED) is 0.211. The number of hydrogen-bond acceptors (Lipinski definition) is 4. The lowest BCUT2D eigenvalue weighted by atomic mass is 10.1. The molecule has 0 fully saturated rings. The van der Waals surface area contributed by atoms with Gasteiger partial charge in [-0.25, -0.2) is 0 Å². The van der Waals surface area contributed by atoms with Crippen LogP contribution in [-0.4, -0.2) is 13.1 Å². The third-order valence-corrected chi connectivity index (χ3v) is 3.44. The molecule has 0 spiro atoms. The lowest BCUT2D eigenvalue weighted by Gasteiger charge is -2.07. The number of nitrogens with two attached hydrogens (primary N) is 2. The van der Waals surface area contributed by atoms with Crippen LogP contribution in [0.15, 0.2) is 0 Å². The molecule has 0 bridgehead atoms. The van der Waals surface area contributed by atoms with Gasteiger partial charge in [-0.2, -0.15) is 0 Å². The molecule has 0 aliphatic carbocycles. The smallest absolute Gasteiger partial charge is 0.00997 e. The maximum atomic E-state index is 4.00. The predicted octanol–water partition coefficient (Wildman–Crippen LogP) is 3.62. The molecule has 0 aromatic heterocycles. The van der Waals surface area contributed by atoms with E-state index in [9.17, 15) is 0 Å². The summed E-state index contributed by atoms with van der Waals surface area (Å²) in [5.74, 6) is 8.00. The maximum absolute atomic E-state index is 4.00. The fourth-order valence-electron chi connectivity index (χ4n) is 2.16. The Bertz CT molecular complexity index is 126. The Morgan fingerprint density at radius 3 is 1.15 bits per heavy atom. The Hall–Kier alpha value is -0.160. The summed E-state index contributed by atoms with van der Waals surface area (Å²) in [6.07, 6.45) is 16.5. The van der Waals surface area contributed by atoms with Crippen molar-refractivity contribution in [2.24, 2.45) is 11.7 Å². The largest absolute Gasteiger partial charge is 0.274 e. The highest BCUT2D eigenvalue weighted by molar-refractivity contribution is 4.49. The van der Waals surface area contributed by atoms with Crippen LogP contribution in [0.1, 0.15) is 90.9 Å². The maximum Gasteiger partial charge on any atom is 0.00997 e. The Labute approximate surface area is 127 Å². The van der Waals surface area contributed by atoms with Gasteiger partial charge in [-0.1, -0.05) is 78.1 Å². The van der Waals surface area contributed by atoms with E-state index in [1.807, 2.05) is 0 Å². The van der Waals surface area contributed by atoms with Crippen molar-refractivity contribution in [3.8, 4) is 0 Å². The molecule has 0 aromatic carbocycles. The molecule has 0 saturated carbocycles. The summed E-state index contributed by atoms with van der Waals surface area (Å²) in [4.78, 5) is 0. The summed E-state index contributed by atoms with van der Waals surface area (Å²) in [6.45, 7) is 6.80. The molecule has 0 saturated heterocycles. The number of hydrogen-bond donors (Lipinski definition) is 4. The lowest BCUT2D eigenvalue weighted by Crippen LogP contribution is -2.33. The first-order chi connectivity index (χ1) is 9.91. The third-order valence-electron chi connectivity index (χ3n) is 3.44. The summed E-state index contributed by atoms with van der Waals surface area (Å²) in [6, 6.07) is 0. The topological polar surface area (TPSA) is 76.1 Å². The molecule has 0 aliphatic rings. The van der Waals surface area contributed by atoms with Gasteiger partial charge < -0.3 is 0 Å². The van der Waals surface area contributed by atoms with Crippen LogP contribution in [0.2, 0.25) is 0 Å². The molecule has 0 atom stereocenters. The van der Waals surface area contributed by atoms with Crippen LogP contribution in [0, 0.1) is 0 Å². The molecule has 0 unspecified atom stereocenters. The van der Waals surface area contributed by atoms with Crippen LogP contribution < -0.4 is 22.5 Å². The van der Waals surface area contributed by atoms with Gasteiger partial charge in [0.05, 0.1) is 0 Å². The molecule has 124 valence electrons. The van der Waals surface area contributed by atoms with Crippen molar-refractivity contribution in [1.82, 2.24) is 10.9 Å². The first kappa shape index (κ1) is 22.1. The summed E-state index contributed by atoms with van der Waals surface area (Å²) >= 11 is 0. The highest BCUT2D eigenvalue weighted by atomic mass is 15.3. The average molecular weight is 289 g/mol. The molecule has 0 radical (unpaired) electrons. The molecule has 4 nitrogen and oxygen atoms in total. The highest BCUT2D eigenvalue weighted by Gasteiger charge is 1.91. The van der Waals surface area contributed by atoms with Crippen LogP contribution in [0.3, 0.4) is 0 Å². The minimum atomic E-state index is 1.13. The zero-order valence-corrected chi connectivity index (χ0v) is 14.1. The van der Waals surface area contributed by atoms with E-state index < -0.39 is 0 Å². The fraction of sp³-hybridized carbons (Fsp3) is 1.00. The predicted molar refractivity (Wildman–Crippen MR) is 91.1 cm³/mol. The van der Waals surface area contributed by atoms with Crippen molar-refractivity contribution < 1.29 is 0 Å². The van der Waals surface area contributed by atoms with Crippen LogP contribution in [-0.2, 0) is 0 Å². The summed E-state index contributed by atoms with van der Waals surface area (Å²) < 4.78 is 0. The second-order valence-electron chi connectivity index (χ2n) is 5.39. The van der Waals surface area contributed by atoms with E-state index in [0.717, 1.165) is 13.1 Å². The van der Waals surface area contributed by atoms with E-state index in [4.69, 9.17) is 0 Å². The number of unbranched alkanes of at least 4 members (excludes halogenated alkanes) is 10. The zero-order chi connectivity index (χ0) is 15.3. The molecule has 20 heavy (non-hydrogen) atoms. The first-order valence-corrected chi connectivity index (χ1v) is 8.70. The van der Waals surface area contributed by atoms with Crippen molar-refractivity contribution >= 4 is 0 Å². The molecular formula is C16H40N4. The average Bonchev–Trinajstić information content (AvgIpc) is 2.50. The number of nitrogens with one attached hydrogen (secondary N) is 2. The minimum Gasteiger partial charge on any atom is -0.274 e. The van der Waals surface area contributed by atoms with Gasteiger partial charge in [0.2, 0.25) is 0 Å². The standard InChI is InChI=1S/C16H36N2.H4N2/c1-3-5-7-9-11-13-15-17-18-16-14-12-10-8-6-4-2;1-2/h17-18H,3-16H2,1-2H3;1-2H2. The molecular weight excluding hydrogens is 248 g/mol. The number of hydrazine groups is 2. The van der Waals surface area contributed by atoms with Crippen LogP contribution in [0.25, 0.3) is 0 Å². The Morgan fingerprint density at radius 1 is 0.500 bits per heavy atom.